The number of aryl methyl sites for hydroxylation is 1. The largest absolute Gasteiger partial charge is 0.352 e. The standard InChI is InChI=1S/C21H24ClN3O/c1-13-9-16(22)7-8-19(13)25-20-10-17(15-5-6-15)18(12-23-20)21(26)24-11-14-3-2-4-14/h7-10,12,14-15H,2-6,11H2,1H3,(H,23,25)(H,24,26). The fourth-order valence-electron chi connectivity index (χ4n) is 3.40. The van der Waals surface area contributed by atoms with Crippen molar-refractivity contribution >= 4 is 29.0 Å². The first-order valence-corrected chi connectivity index (χ1v) is 9.79. The highest BCUT2D eigenvalue weighted by Gasteiger charge is 2.29. The van der Waals surface area contributed by atoms with E-state index in [2.05, 4.69) is 15.6 Å². The van der Waals surface area contributed by atoms with Crippen molar-refractivity contribution in [3.63, 3.8) is 0 Å². The molecule has 0 unspecified atom stereocenters. The molecule has 2 saturated carbocycles. The molecule has 0 aliphatic heterocycles. The molecule has 2 aromatic rings. The van der Waals surface area contributed by atoms with Gasteiger partial charge in [-0.05, 0) is 79.8 Å². The quantitative estimate of drug-likeness (QED) is 0.736. The Bertz CT molecular complexity index is 828. The molecule has 0 atom stereocenters. The second-order valence-electron chi connectivity index (χ2n) is 7.52. The molecule has 4 rings (SSSR count). The van der Waals surface area contributed by atoms with Gasteiger partial charge in [0.05, 0.1) is 5.56 Å². The Kier molecular flexibility index (Phi) is 4.86. The Morgan fingerprint density at radius 2 is 2.04 bits per heavy atom. The number of nitrogens with zero attached hydrogens (tertiary/aromatic N) is 1. The van der Waals surface area contributed by atoms with Gasteiger partial charge in [0.2, 0.25) is 0 Å². The maximum atomic E-state index is 12.6. The monoisotopic (exact) mass is 369 g/mol. The number of carbonyl (C=O) groups excluding carboxylic acids is 1. The van der Waals surface area contributed by atoms with E-state index < -0.39 is 0 Å². The molecular weight excluding hydrogens is 346 g/mol. The number of pyridine rings is 1. The van der Waals surface area contributed by atoms with Crippen molar-refractivity contribution in [3.05, 3.63) is 52.2 Å². The van der Waals surface area contributed by atoms with Crippen LogP contribution in [-0.4, -0.2) is 17.4 Å². The fourth-order valence-corrected chi connectivity index (χ4v) is 3.62. The lowest BCUT2D eigenvalue weighted by molar-refractivity contribution is 0.0937. The van der Waals surface area contributed by atoms with Gasteiger partial charge in [-0.15, -0.1) is 0 Å². The zero-order valence-electron chi connectivity index (χ0n) is 15.0. The van der Waals surface area contributed by atoms with Gasteiger partial charge < -0.3 is 10.6 Å². The van der Waals surface area contributed by atoms with Gasteiger partial charge in [-0.3, -0.25) is 4.79 Å². The maximum absolute atomic E-state index is 12.6. The van der Waals surface area contributed by atoms with Gasteiger partial charge >= 0.3 is 0 Å². The smallest absolute Gasteiger partial charge is 0.253 e. The molecule has 0 bridgehead atoms. The minimum absolute atomic E-state index is 0.0144. The van der Waals surface area contributed by atoms with Crippen LogP contribution in [0.15, 0.2) is 30.5 Å². The van der Waals surface area contributed by atoms with Crippen molar-refractivity contribution in [1.82, 2.24) is 10.3 Å². The molecule has 1 aromatic heterocycles. The lowest BCUT2D eigenvalue weighted by atomic mass is 9.85. The zero-order chi connectivity index (χ0) is 18.1. The van der Waals surface area contributed by atoms with Gasteiger partial charge in [-0.2, -0.15) is 0 Å². The summed E-state index contributed by atoms with van der Waals surface area (Å²) < 4.78 is 0. The zero-order valence-corrected chi connectivity index (χ0v) is 15.8. The van der Waals surface area contributed by atoms with Gasteiger partial charge in [-0.1, -0.05) is 18.0 Å². The molecule has 0 saturated heterocycles. The minimum Gasteiger partial charge on any atom is -0.352 e. The second-order valence-corrected chi connectivity index (χ2v) is 7.96. The summed E-state index contributed by atoms with van der Waals surface area (Å²) in [7, 11) is 0. The molecule has 2 aliphatic rings. The molecule has 5 heteroatoms. The van der Waals surface area contributed by atoms with Gasteiger partial charge in [0.1, 0.15) is 5.82 Å². The van der Waals surface area contributed by atoms with Gasteiger partial charge in [0.15, 0.2) is 0 Å². The summed E-state index contributed by atoms with van der Waals surface area (Å²) in [5.74, 6) is 1.92. The number of anilines is 2. The lowest BCUT2D eigenvalue weighted by Gasteiger charge is -2.25. The predicted molar refractivity (Wildman–Crippen MR) is 105 cm³/mol. The van der Waals surface area contributed by atoms with Crippen LogP contribution >= 0.6 is 11.6 Å². The highest BCUT2D eigenvalue weighted by atomic mass is 35.5. The van der Waals surface area contributed by atoms with E-state index >= 15 is 0 Å². The van der Waals surface area contributed by atoms with Crippen LogP contribution in [-0.2, 0) is 0 Å². The average molecular weight is 370 g/mol. The number of benzene rings is 1. The van der Waals surface area contributed by atoms with Crippen molar-refractivity contribution in [3.8, 4) is 0 Å². The maximum Gasteiger partial charge on any atom is 0.253 e. The first kappa shape index (κ1) is 17.3. The Balaban J connectivity index is 1.52. The van der Waals surface area contributed by atoms with Crippen LogP contribution in [0.3, 0.4) is 0 Å². The molecular formula is C21H24ClN3O. The topological polar surface area (TPSA) is 54.0 Å². The summed E-state index contributed by atoms with van der Waals surface area (Å²) in [6, 6.07) is 7.77. The number of nitrogens with one attached hydrogen (secondary N) is 2. The van der Waals surface area contributed by atoms with Crippen LogP contribution in [0.25, 0.3) is 0 Å². The Hall–Kier alpha value is -2.07. The van der Waals surface area contributed by atoms with E-state index in [1.807, 2.05) is 31.2 Å². The Morgan fingerprint density at radius 3 is 2.69 bits per heavy atom. The van der Waals surface area contributed by atoms with Crippen LogP contribution in [0.5, 0.6) is 0 Å². The molecule has 1 heterocycles. The number of halogens is 1. The van der Waals surface area contributed by atoms with E-state index in [-0.39, 0.29) is 5.91 Å². The average Bonchev–Trinajstić information content (AvgIpc) is 3.41. The molecule has 2 fully saturated rings. The van der Waals surface area contributed by atoms with Crippen molar-refractivity contribution in [2.45, 2.75) is 44.9 Å². The second kappa shape index (κ2) is 7.28. The van der Waals surface area contributed by atoms with Crippen molar-refractivity contribution in [2.75, 3.05) is 11.9 Å². The Morgan fingerprint density at radius 1 is 1.23 bits per heavy atom. The van der Waals surface area contributed by atoms with E-state index in [1.165, 1.54) is 19.3 Å². The number of hydrogen-bond donors (Lipinski definition) is 2. The lowest BCUT2D eigenvalue weighted by Crippen LogP contribution is -2.32. The molecule has 0 radical (unpaired) electrons. The highest BCUT2D eigenvalue weighted by Crippen LogP contribution is 2.42. The predicted octanol–water partition coefficient (Wildman–Crippen LogP) is 5.19. The summed E-state index contributed by atoms with van der Waals surface area (Å²) in [4.78, 5) is 17.1. The van der Waals surface area contributed by atoms with E-state index in [4.69, 9.17) is 11.6 Å². The van der Waals surface area contributed by atoms with Gasteiger partial charge in [0, 0.05) is 23.5 Å². The van der Waals surface area contributed by atoms with Crippen LogP contribution in [0.2, 0.25) is 5.02 Å². The number of amides is 1. The molecule has 2 N–H and O–H groups in total. The molecule has 26 heavy (non-hydrogen) atoms. The third kappa shape index (κ3) is 3.85. The SMILES string of the molecule is Cc1cc(Cl)ccc1Nc1cc(C2CC2)c(C(=O)NCC2CCC2)cn1. The number of aromatic nitrogens is 1. The third-order valence-corrected chi connectivity index (χ3v) is 5.66. The molecule has 1 aromatic carbocycles. The molecule has 4 nitrogen and oxygen atoms in total. The van der Waals surface area contributed by atoms with Crippen molar-refractivity contribution < 1.29 is 4.79 Å². The van der Waals surface area contributed by atoms with Crippen molar-refractivity contribution in [1.29, 1.82) is 0 Å². The molecule has 136 valence electrons. The van der Waals surface area contributed by atoms with Gasteiger partial charge in [-0.25, -0.2) is 4.98 Å². The highest BCUT2D eigenvalue weighted by molar-refractivity contribution is 6.30. The fraction of sp³-hybridized carbons (Fsp3) is 0.429. The first-order valence-electron chi connectivity index (χ1n) is 9.41. The normalized spacial score (nSPS) is 16.8. The summed E-state index contributed by atoms with van der Waals surface area (Å²) in [6.07, 6.45) is 7.77. The summed E-state index contributed by atoms with van der Waals surface area (Å²) >= 11 is 6.03. The van der Waals surface area contributed by atoms with E-state index in [0.717, 1.165) is 52.6 Å². The molecule has 1 amide bonds. The summed E-state index contributed by atoms with van der Waals surface area (Å²) in [5.41, 5.74) is 3.88. The van der Waals surface area contributed by atoms with E-state index in [1.54, 1.807) is 6.20 Å². The van der Waals surface area contributed by atoms with E-state index in [0.29, 0.717) is 11.8 Å². The van der Waals surface area contributed by atoms with E-state index in [9.17, 15) is 4.79 Å². The van der Waals surface area contributed by atoms with Gasteiger partial charge in [0.25, 0.3) is 5.91 Å². The molecule has 2 aliphatic carbocycles. The number of carbonyl (C=O) groups is 1. The number of hydrogen-bond acceptors (Lipinski definition) is 3. The first-order chi connectivity index (χ1) is 12.6. The number of rotatable bonds is 6. The van der Waals surface area contributed by atoms with Crippen LogP contribution < -0.4 is 10.6 Å². The van der Waals surface area contributed by atoms with Crippen molar-refractivity contribution in [2.24, 2.45) is 5.92 Å². The van der Waals surface area contributed by atoms with Crippen LogP contribution in [0, 0.1) is 12.8 Å². The van der Waals surface area contributed by atoms with Crippen LogP contribution in [0.4, 0.5) is 11.5 Å². The summed E-state index contributed by atoms with van der Waals surface area (Å²) in [6.45, 7) is 2.80. The minimum atomic E-state index is 0.0144. The van der Waals surface area contributed by atoms with Crippen LogP contribution in [0.1, 0.15) is 59.5 Å². The summed E-state index contributed by atoms with van der Waals surface area (Å²) in [5, 5.41) is 7.17. The third-order valence-electron chi connectivity index (χ3n) is 5.42. The Labute approximate surface area is 159 Å². The molecule has 0 spiro atoms.